The smallest absolute Gasteiger partial charge is 0.289 e. The summed E-state index contributed by atoms with van der Waals surface area (Å²) in [6, 6.07) is 6.04. The fraction of sp³-hybridized carbons (Fsp3) is 0.400. The lowest BCUT2D eigenvalue weighted by Gasteiger charge is -2.32. The quantitative estimate of drug-likeness (QED) is 0.292. The minimum absolute atomic E-state index is 0.158. The first kappa shape index (κ1) is 27.4. The van der Waals surface area contributed by atoms with Crippen molar-refractivity contribution in [3.05, 3.63) is 41.7 Å². The molecule has 4 rings (SSSR count). The average Bonchev–Trinajstić information content (AvgIpc) is 3.25. The van der Waals surface area contributed by atoms with Gasteiger partial charge in [-0.05, 0) is 43.7 Å². The van der Waals surface area contributed by atoms with Crippen LogP contribution in [0.25, 0.3) is 5.52 Å². The lowest BCUT2D eigenvalue weighted by atomic mass is 10.0. The fourth-order valence-corrected chi connectivity index (χ4v) is 4.78. The van der Waals surface area contributed by atoms with Crippen LogP contribution >= 0.6 is 11.8 Å². The van der Waals surface area contributed by atoms with Gasteiger partial charge < -0.3 is 25.6 Å². The van der Waals surface area contributed by atoms with Crippen LogP contribution in [0.15, 0.2) is 35.4 Å². The highest BCUT2D eigenvalue weighted by Crippen LogP contribution is 2.33. The van der Waals surface area contributed by atoms with Gasteiger partial charge in [-0.3, -0.25) is 4.79 Å². The highest BCUT2D eigenvalue weighted by molar-refractivity contribution is 7.99. The molecule has 1 aliphatic rings. The summed E-state index contributed by atoms with van der Waals surface area (Å²) in [7, 11) is 4.89. The van der Waals surface area contributed by atoms with Crippen molar-refractivity contribution < 1.29 is 22.7 Å². The van der Waals surface area contributed by atoms with Gasteiger partial charge in [0.1, 0.15) is 17.6 Å². The zero-order valence-corrected chi connectivity index (χ0v) is 21.9. The molecule has 202 valence electrons. The molecule has 13 heteroatoms. The molecule has 3 aromatic rings. The van der Waals surface area contributed by atoms with Crippen molar-refractivity contribution in [1.82, 2.24) is 24.8 Å². The second-order valence-corrected chi connectivity index (χ2v) is 9.59. The molecular formula is C25H28F3N7O2S. The largest absolute Gasteiger partial charge is 0.495 e. The van der Waals surface area contributed by atoms with Crippen molar-refractivity contribution in [2.45, 2.75) is 29.3 Å². The second kappa shape index (κ2) is 12.3. The number of methoxy groups -OCH3 is 1. The van der Waals surface area contributed by atoms with Gasteiger partial charge in [0.15, 0.2) is 0 Å². The third kappa shape index (κ3) is 6.25. The van der Waals surface area contributed by atoms with Crippen LogP contribution in [0.1, 0.15) is 22.5 Å². The SMILES string of the molecule is CNC(=O)c1ccc(NCC#Cc2nn3c(N[C@@H]4CCN(C)C[C@@H]4F)nccc3c2SC(F)F)c(OC)c1. The molecule has 2 atom stereocenters. The maximum atomic E-state index is 14.6. The van der Waals surface area contributed by atoms with Crippen molar-refractivity contribution in [3.63, 3.8) is 0 Å². The van der Waals surface area contributed by atoms with E-state index in [-0.39, 0.29) is 29.0 Å². The number of aromatic nitrogens is 3. The Morgan fingerprint density at radius 2 is 2.16 bits per heavy atom. The van der Waals surface area contributed by atoms with Crippen molar-refractivity contribution in [3.8, 4) is 17.6 Å². The molecule has 0 unspecified atom stereocenters. The number of carbonyl (C=O) groups is 1. The number of thioether (sulfide) groups is 1. The summed E-state index contributed by atoms with van der Waals surface area (Å²) < 4.78 is 48.2. The van der Waals surface area contributed by atoms with Gasteiger partial charge in [0.05, 0.1) is 35.8 Å². The standard InChI is InChI=1S/C25H28F3N7O2S/c1-29-23(36)15-6-7-18(21(13-15)37-3)30-10-4-5-19-22(38-24(27)28)20-8-11-31-25(35(20)33-19)32-17-9-12-34(2)14-16(17)26/h6-8,11,13,16-17,24,30H,9-10,12,14H2,1-3H3,(H,29,36)(H,31,32)/t16-,17+/m0/s1. The minimum atomic E-state index is -2.68. The molecule has 1 fully saturated rings. The number of carbonyl (C=O) groups excluding carboxylic acids is 1. The number of nitrogens with zero attached hydrogens (tertiary/aromatic N) is 4. The molecule has 0 bridgehead atoms. The van der Waals surface area contributed by atoms with E-state index in [2.05, 4.69) is 37.9 Å². The molecular weight excluding hydrogens is 519 g/mol. The summed E-state index contributed by atoms with van der Waals surface area (Å²) in [5.74, 6) is 3.56. The van der Waals surface area contributed by atoms with Gasteiger partial charge in [-0.1, -0.05) is 17.7 Å². The number of halogens is 3. The molecule has 3 N–H and O–H groups in total. The fourth-order valence-electron chi connectivity index (χ4n) is 4.12. The number of likely N-dealkylation sites (tertiary alicyclic amines) is 1. The van der Waals surface area contributed by atoms with Gasteiger partial charge in [-0.15, -0.1) is 0 Å². The number of hydrogen-bond donors (Lipinski definition) is 3. The monoisotopic (exact) mass is 547 g/mol. The van der Waals surface area contributed by atoms with Crippen LogP contribution < -0.4 is 20.7 Å². The van der Waals surface area contributed by atoms with Crippen LogP contribution in [0.3, 0.4) is 0 Å². The molecule has 9 nitrogen and oxygen atoms in total. The first-order valence-electron chi connectivity index (χ1n) is 11.8. The molecule has 1 aliphatic heterocycles. The zero-order valence-electron chi connectivity index (χ0n) is 21.1. The Morgan fingerprint density at radius 3 is 2.87 bits per heavy atom. The number of anilines is 2. The topological polar surface area (TPSA) is 95.8 Å². The first-order chi connectivity index (χ1) is 18.3. The van der Waals surface area contributed by atoms with Gasteiger partial charge in [0.25, 0.3) is 11.7 Å². The summed E-state index contributed by atoms with van der Waals surface area (Å²) >= 11 is 0.350. The van der Waals surface area contributed by atoms with Crippen LogP contribution in [0.2, 0.25) is 0 Å². The van der Waals surface area contributed by atoms with E-state index in [1.54, 1.807) is 24.3 Å². The number of rotatable bonds is 8. The predicted molar refractivity (Wildman–Crippen MR) is 141 cm³/mol. The number of alkyl halides is 3. The number of benzene rings is 1. The Hall–Kier alpha value is -3.63. The highest BCUT2D eigenvalue weighted by Gasteiger charge is 2.29. The van der Waals surface area contributed by atoms with Crippen LogP contribution in [0.4, 0.5) is 24.8 Å². The maximum absolute atomic E-state index is 14.6. The molecule has 0 spiro atoms. The second-order valence-electron chi connectivity index (χ2n) is 8.59. The first-order valence-corrected chi connectivity index (χ1v) is 12.7. The number of piperidine rings is 1. The third-order valence-corrected chi connectivity index (χ3v) is 6.85. The molecule has 1 aromatic carbocycles. The predicted octanol–water partition coefficient (Wildman–Crippen LogP) is 3.33. The Bertz CT molecular complexity index is 1360. The van der Waals surface area contributed by atoms with Gasteiger partial charge in [-0.25, -0.2) is 9.37 Å². The summed E-state index contributed by atoms with van der Waals surface area (Å²) in [5, 5.41) is 13.2. The van der Waals surface area contributed by atoms with Crippen molar-refractivity contribution in [2.75, 3.05) is 51.5 Å². The number of ether oxygens (including phenoxy) is 1. The Balaban J connectivity index is 1.56. The van der Waals surface area contributed by atoms with E-state index >= 15 is 0 Å². The number of amides is 1. The molecule has 0 radical (unpaired) electrons. The van der Waals surface area contributed by atoms with E-state index < -0.39 is 18.0 Å². The molecule has 38 heavy (non-hydrogen) atoms. The average molecular weight is 548 g/mol. The van der Waals surface area contributed by atoms with E-state index in [4.69, 9.17) is 4.74 Å². The highest BCUT2D eigenvalue weighted by atomic mass is 32.2. The summed E-state index contributed by atoms with van der Waals surface area (Å²) in [6.45, 7) is 1.18. The summed E-state index contributed by atoms with van der Waals surface area (Å²) in [5.41, 5.74) is 1.62. The zero-order chi connectivity index (χ0) is 27.2. The van der Waals surface area contributed by atoms with E-state index in [0.717, 1.165) is 6.54 Å². The summed E-state index contributed by atoms with van der Waals surface area (Å²) in [6.07, 6.45) is 0.940. The maximum Gasteiger partial charge on any atom is 0.289 e. The Kier molecular flexibility index (Phi) is 8.85. The van der Waals surface area contributed by atoms with Crippen LogP contribution in [-0.2, 0) is 0 Å². The molecule has 1 saturated heterocycles. The number of nitrogens with one attached hydrogen (secondary N) is 3. The van der Waals surface area contributed by atoms with Crippen molar-refractivity contribution in [1.29, 1.82) is 0 Å². The lowest BCUT2D eigenvalue weighted by Crippen LogP contribution is -2.46. The molecule has 1 amide bonds. The van der Waals surface area contributed by atoms with E-state index in [1.807, 2.05) is 11.9 Å². The molecule has 3 heterocycles. The van der Waals surface area contributed by atoms with Crippen molar-refractivity contribution >= 4 is 34.8 Å². The number of hydrogen-bond acceptors (Lipinski definition) is 8. The minimum Gasteiger partial charge on any atom is -0.495 e. The van der Waals surface area contributed by atoms with Gasteiger partial charge >= 0.3 is 0 Å². The molecule has 0 aliphatic carbocycles. The lowest BCUT2D eigenvalue weighted by molar-refractivity contribution is 0.0962. The van der Waals surface area contributed by atoms with E-state index in [9.17, 15) is 18.0 Å². The Labute approximate surface area is 222 Å². The van der Waals surface area contributed by atoms with E-state index in [1.165, 1.54) is 24.9 Å². The van der Waals surface area contributed by atoms with Crippen LogP contribution in [-0.4, -0.2) is 84.2 Å². The van der Waals surface area contributed by atoms with Crippen LogP contribution in [0.5, 0.6) is 5.75 Å². The number of fused-ring (bicyclic) bond motifs is 1. The Morgan fingerprint density at radius 1 is 1.34 bits per heavy atom. The normalized spacial score (nSPS) is 17.7. The van der Waals surface area contributed by atoms with Gasteiger partial charge in [-0.2, -0.15) is 18.4 Å². The van der Waals surface area contributed by atoms with Gasteiger partial charge in [0, 0.05) is 31.9 Å². The van der Waals surface area contributed by atoms with Crippen molar-refractivity contribution in [2.24, 2.45) is 0 Å². The summed E-state index contributed by atoms with van der Waals surface area (Å²) in [4.78, 5) is 18.3. The third-order valence-electron chi connectivity index (χ3n) is 6.04. The molecule has 2 aromatic heterocycles. The molecule has 0 saturated carbocycles. The van der Waals surface area contributed by atoms with E-state index in [0.29, 0.717) is 47.2 Å². The van der Waals surface area contributed by atoms with Gasteiger partial charge in [0.2, 0.25) is 5.95 Å². The van der Waals surface area contributed by atoms with Crippen LogP contribution in [0, 0.1) is 11.8 Å².